The molecule has 0 fully saturated rings. The van der Waals surface area contributed by atoms with E-state index >= 15 is 0 Å². The van der Waals surface area contributed by atoms with Crippen LogP contribution in [-0.4, -0.2) is 40.5 Å². The number of carbonyl (C=O) groups excluding carboxylic acids is 4. The van der Waals surface area contributed by atoms with E-state index in [2.05, 4.69) is 20.9 Å². The molecule has 1 unspecified atom stereocenters. The molecule has 10 heteroatoms. The van der Waals surface area contributed by atoms with E-state index in [1.54, 1.807) is 110 Å². The molecule has 9 nitrogen and oxygen atoms in total. The molecule has 4 rings (SSSR count). The Morgan fingerprint density at radius 3 is 2.30 bits per heavy atom. The first kappa shape index (κ1) is 31.7. The van der Waals surface area contributed by atoms with Crippen molar-refractivity contribution in [2.75, 3.05) is 17.2 Å². The first-order valence-corrected chi connectivity index (χ1v) is 14.9. The Labute approximate surface area is 260 Å². The van der Waals surface area contributed by atoms with Crippen molar-refractivity contribution in [1.82, 2.24) is 10.3 Å². The second kappa shape index (κ2) is 15.9. The van der Waals surface area contributed by atoms with Crippen LogP contribution in [0.3, 0.4) is 0 Å². The molecular weight excluding hydrogens is 576 g/mol. The normalized spacial score (nSPS) is 11.6. The predicted octanol–water partition coefficient (Wildman–Crippen LogP) is 6.18. The topological polar surface area (TPSA) is 126 Å². The molecule has 3 N–H and O–H groups in total. The number of amides is 3. The van der Waals surface area contributed by atoms with Gasteiger partial charge in [-0.3, -0.25) is 19.4 Å². The van der Waals surface area contributed by atoms with Crippen LogP contribution in [0.25, 0.3) is 6.08 Å². The highest BCUT2D eigenvalue weighted by atomic mass is 32.2. The van der Waals surface area contributed by atoms with Gasteiger partial charge in [-0.2, -0.15) is 0 Å². The molecule has 224 valence electrons. The number of carbonyl (C=O) groups is 4. The monoisotopic (exact) mass is 608 g/mol. The summed E-state index contributed by atoms with van der Waals surface area (Å²) < 4.78 is 5.00. The molecule has 44 heavy (non-hydrogen) atoms. The Morgan fingerprint density at radius 2 is 1.61 bits per heavy atom. The third-order valence-corrected chi connectivity index (χ3v) is 7.58. The fourth-order valence-electron chi connectivity index (χ4n) is 4.03. The van der Waals surface area contributed by atoms with Gasteiger partial charge in [0.2, 0.25) is 5.91 Å². The predicted molar refractivity (Wildman–Crippen MR) is 172 cm³/mol. The summed E-state index contributed by atoms with van der Waals surface area (Å²) in [5.74, 6) is -1.55. The van der Waals surface area contributed by atoms with Crippen molar-refractivity contribution >= 4 is 52.9 Å². The van der Waals surface area contributed by atoms with Gasteiger partial charge in [0, 0.05) is 34.2 Å². The van der Waals surface area contributed by atoms with E-state index in [1.165, 1.54) is 11.8 Å². The van der Waals surface area contributed by atoms with Crippen LogP contribution >= 0.6 is 11.8 Å². The lowest BCUT2D eigenvalue weighted by atomic mass is 10.2. The second-order valence-corrected chi connectivity index (χ2v) is 10.7. The van der Waals surface area contributed by atoms with Crippen molar-refractivity contribution < 1.29 is 23.9 Å². The van der Waals surface area contributed by atoms with Crippen LogP contribution in [0.2, 0.25) is 0 Å². The highest BCUT2D eigenvalue weighted by molar-refractivity contribution is 8.00. The number of pyridine rings is 1. The fraction of sp³-hybridized carbons (Fsp3) is 0.147. The zero-order valence-corrected chi connectivity index (χ0v) is 25.1. The maximum absolute atomic E-state index is 13.4. The minimum absolute atomic E-state index is 0.0460. The largest absolute Gasteiger partial charge is 0.462 e. The van der Waals surface area contributed by atoms with Gasteiger partial charge >= 0.3 is 5.97 Å². The van der Waals surface area contributed by atoms with Gasteiger partial charge < -0.3 is 20.7 Å². The van der Waals surface area contributed by atoms with Crippen molar-refractivity contribution in [3.8, 4) is 0 Å². The molecule has 0 bridgehead atoms. The first-order valence-electron chi connectivity index (χ1n) is 14.0. The molecule has 1 atom stereocenters. The van der Waals surface area contributed by atoms with Gasteiger partial charge in [-0.05, 0) is 85.6 Å². The van der Waals surface area contributed by atoms with E-state index in [1.807, 2.05) is 13.0 Å². The second-order valence-electron chi connectivity index (χ2n) is 9.45. The van der Waals surface area contributed by atoms with Gasteiger partial charge in [-0.1, -0.05) is 37.3 Å². The number of hydrogen-bond acceptors (Lipinski definition) is 7. The number of benzene rings is 3. The highest BCUT2D eigenvalue weighted by Crippen LogP contribution is 2.29. The number of anilines is 2. The van der Waals surface area contributed by atoms with E-state index in [4.69, 9.17) is 4.74 Å². The average molecular weight is 609 g/mol. The van der Waals surface area contributed by atoms with Crippen LogP contribution < -0.4 is 16.0 Å². The Kier molecular flexibility index (Phi) is 11.4. The quantitative estimate of drug-likeness (QED) is 0.0996. The summed E-state index contributed by atoms with van der Waals surface area (Å²) in [4.78, 5) is 56.1. The van der Waals surface area contributed by atoms with Crippen LogP contribution in [0.4, 0.5) is 11.4 Å². The number of ether oxygens (including phenoxy) is 1. The van der Waals surface area contributed by atoms with Crippen molar-refractivity contribution in [3.05, 3.63) is 126 Å². The van der Waals surface area contributed by atoms with Crippen molar-refractivity contribution in [2.24, 2.45) is 0 Å². The number of hydrogen-bond donors (Lipinski definition) is 3. The fourth-order valence-corrected chi connectivity index (χ4v) is 5.04. The molecule has 0 radical (unpaired) electrons. The van der Waals surface area contributed by atoms with Crippen molar-refractivity contribution in [2.45, 2.75) is 30.4 Å². The van der Waals surface area contributed by atoms with Crippen LogP contribution in [-0.2, 0) is 14.3 Å². The van der Waals surface area contributed by atoms with Crippen LogP contribution in [0.1, 0.15) is 46.5 Å². The third kappa shape index (κ3) is 9.14. The summed E-state index contributed by atoms with van der Waals surface area (Å²) in [5.41, 5.74) is 2.56. The van der Waals surface area contributed by atoms with Gasteiger partial charge in [-0.15, -0.1) is 11.8 Å². The number of rotatable bonds is 12. The maximum atomic E-state index is 13.4. The van der Waals surface area contributed by atoms with E-state index in [-0.39, 0.29) is 18.2 Å². The lowest BCUT2D eigenvalue weighted by Gasteiger charge is -2.16. The Bertz CT molecular complexity index is 1630. The summed E-state index contributed by atoms with van der Waals surface area (Å²) in [6.07, 6.45) is 5.31. The lowest BCUT2D eigenvalue weighted by Crippen LogP contribution is -2.30. The van der Waals surface area contributed by atoms with Crippen LogP contribution in [0.15, 0.2) is 114 Å². The molecule has 0 saturated heterocycles. The number of aromatic nitrogens is 1. The Morgan fingerprint density at radius 1 is 0.841 bits per heavy atom. The van der Waals surface area contributed by atoms with Crippen LogP contribution in [0, 0.1) is 0 Å². The van der Waals surface area contributed by atoms with Gasteiger partial charge in [0.05, 0.1) is 17.4 Å². The molecule has 3 amide bonds. The highest BCUT2D eigenvalue weighted by Gasteiger charge is 2.20. The van der Waals surface area contributed by atoms with E-state index < -0.39 is 23.0 Å². The summed E-state index contributed by atoms with van der Waals surface area (Å²) in [6.45, 7) is 3.94. The van der Waals surface area contributed by atoms with Crippen molar-refractivity contribution in [3.63, 3.8) is 0 Å². The molecule has 3 aromatic carbocycles. The minimum atomic E-state index is -0.517. The maximum Gasteiger partial charge on any atom is 0.338 e. The van der Waals surface area contributed by atoms with Gasteiger partial charge in [0.1, 0.15) is 5.70 Å². The van der Waals surface area contributed by atoms with Gasteiger partial charge in [0.15, 0.2) is 0 Å². The SMILES string of the molecule is CCOC(=O)c1ccc(NC(=O)C(CC)Sc2cccc(NC(=O)/C(=C/c3cccnc3)NC(=O)c3ccccc3)c2)cc1. The van der Waals surface area contributed by atoms with Crippen LogP contribution in [0.5, 0.6) is 0 Å². The Balaban J connectivity index is 1.44. The number of nitrogens with zero attached hydrogens (tertiary/aromatic N) is 1. The minimum Gasteiger partial charge on any atom is -0.462 e. The Hall–Kier alpha value is -5.22. The number of esters is 1. The zero-order chi connectivity index (χ0) is 31.3. The summed E-state index contributed by atoms with van der Waals surface area (Å²) in [7, 11) is 0. The first-order chi connectivity index (χ1) is 21.4. The summed E-state index contributed by atoms with van der Waals surface area (Å²) in [5, 5.41) is 8.03. The number of thioether (sulfide) groups is 1. The molecule has 0 spiro atoms. The molecule has 1 aromatic heterocycles. The average Bonchev–Trinajstić information content (AvgIpc) is 3.04. The summed E-state index contributed by atoms with van der Waals surface area (Å²) in [6, 6.07) is 25.8. The molecule has 0 aliphatic carbocycles. The van der Waals surface area contributed by atoms with Gasteiger partial charge in [0.25, 0.3) is 11.8 Å². The standard InChI is InChI=1S/C34H32N4O5S/c1-3-30(33(41)36-26-17-15-25(16-18-26)34(42)43-4-2)44-28-14-8-13-27(21-28)37-32(40)29(20-23-10-9-19-35-22-23)38-31(39)24-11-6-5-7-12-24/h5-22,30H,3-4H2,1-2H3,(H,36,41)(H,37,40)(H,38,39)/b29-20-. The van der Waals surface area contributed by atoms with E-state index in [9.17, 15) is 19.2 Å². The molecule has 1 heterocycles. The lowest BCUT2D eigenvalue weighted by molar-refractivity contribution is -0.116. The molecule has 0 saturated carbocycles. The number of nitrogens with one attached hydrogen (secondary N) is 3. The van der Waals surface area contributed by atoms with Gasteiger partial charge in [-0.25, -0.2) is 4.79 Å². The molecule has 0 aliphatic rings. The summed E-state index contributed by atoms with van der Waals surface area (Å²) >= 11 is 1.36. The smallest absolute Gasteiger partial charge is 0.338 e. The van der Waals surface area contributed by atoms with Crippen molar-refractivity contribution in [1.29, 1.82) is 0 Å². The molecule has 4 aromatic rings. The molecule has 0 aliphatic heterocycles. The zero-order valence-electron chi connectivity index (χ0n) is 24.3. The van der Waals surface area contributed by atoms with E-state index in [0.29, 0.717) is 34.5 Å². The molecular formula is C34H32N4O5S. The third-order valence-electron chi connectivity index (χ3n) is 6.22. The van der Waals surface area contributed by atoms with E-state index in [0.717, 1.165) is 4.90 Å².